The minimum atomic E-state index is -1.77. The van der Waals surface area contributed by atoms with Gasteiger partial charge in [0, 0.05) is 0 Å². The van der Waals surface area contributed by atoms with E-state index in [1.165, 1.54) is 32.2 Å². The summed E-state index contributed by atoms with van der Waals surface area (Å²) in [7, 11) is 1.39. The Labute approximate surface area is 99.6 Å². The lowest BCUT2D eigenvalue weighted by atomic mass is 9.96. The molecular weight excluding hydrogens is 224 g/mol. The van der Waals surface area contributed by atoms with E-state index < -0.39 is 11.6 Å². The Morgan fingerprint density at radius 3 is 2.65 bits per heavy atom. The summed E-state index contributed by atoms with van der Waals surface area (Å²) in [6.45, 7) is 3.17. The molecule has 0 heterocycles. The molecule has 5 nitrogen and oxygen atoms in total. The summed E-state index contributed by atoms with van der Waals surface area (Å²) in [4.78, 5) is 11.6. The highest BCUT2D eigenvalue weighted by Crippen LogP contribution is 2.31. The standard InChI is InChI=1S/C12H16O5/c1-4-17-11(14)12(2,15)8-5-6-9(13)10(7-8)16-3/h5-7,13,15H,4H2,1-3H3. The highest BCUT2D eigenvalue weighted by Gasteiger charge is 2.34. The highest BCUT2D eigenvalue weighted by molar-refractivity contribution is 5.80. The zero-order valence-corrected chi connectivity index (χ0v) is 10.1. The fraction of sp³-hybridized carbons (Fsp3) is 0.417. The molecule has 1 aromatic rings. The number of benzene rings is 1. The predicted octanol–water partition coefficient (Wildman–Crippen LogP) is 1.17. The third-order valence-electron chi connectivity index (χ3n) is 2.41. The average molecular weight is 240 g/mol. The molecule has 0 spiro atoms. The van der Waals surface area contributed by atoms with Crippen LogP contribution in [0.4, 0.5) is 0 Å². The van der Waals surface area contributed by atoms with Crippen LogP contribution in [0, 0.1) is 0 Å². The molecule has 0 saturated heterocycles. The topological polar surface area (TPSA) is 76.0 Å². The van der Waals surface area contributed by atoms with E-state index in [0.29, 0.717) is 5.56 Å². The molecule has 0 fully saturated rings. The molecule has 0 saturated carbocycles. The van der Waals surface area contributed by atoms with Gasteiger partial charge in [-0.3, -0.25) is 0 Å². The van der Waals surface area contributed by atoms with Crippen LogP contribution in [-0.2, 0) is 15.1 Å². The number of hydrogen-bond acceptors (Lipinski definition) is 5. The second kappa shape index (κ2) is 5.05. The number of methoxy groups -OCH3 is 1. The number of aliphatic hydroxyl groups is 1. The van der Waals surface area contributed by atoms with Gasteiger partial charge in [-0.2, -0.15) is 0 Å². The van der Waals surface area contributed by atoms with Gasteiger partial charge in [0.1, 0.15) is 0 Å². The fourth-order valence-electron chi connectivity index (χ4n) is 1.37. The number of carbonyl (C=O) groups is 1. The number of ether oxygens (including phenoxy) is 2. The summed E-state index contributed by atoms with van der Waals surface area (Å²) in [5, 5.41) is 19.5. The number of phenolic OH excluding ortho intramolecular Hbond substituents is 1. The SMILES string of the molecule is CCOC(=O)C(C)(O)c1ccc(O)c(OC)c1. The zero-order valence-electron chi connectivity index (χ0n) is 10.1. The zero-order chi connectivity index (χ0) is 13.1. The molecule has 5 heteroatoms. The molecule has 0 aliphatic carbocycles. The summed E-state index contributed by atoms with van der Waals surface area (Å²) in [5.74, 6) is -0.615. The monoisotopic (exact) mass is 240 g/mol. The van der Waals surface area contributed by atoms with Crippen LogP contribution < -0.4 is 4.74 Å². The first-order valence-corrected chi connectivity index (χ1v) is 5.20. The molecule has 1 rings (SSSR count). The minimum Gasteiger partial charge on any atom is -0.504 e. The van der Waals surface area contributed by atoms with Crippen molar-refractivity contribution in [1.82, 2.24) is 0 Å². The molecule has 0 bridgehead atoms. The van der Waals surface area contributed by atoms with Crippen molar-refractivity contribution in [2.75, 3.05) is 13.7 Å². The number of rotatable bonds is 4. The minimum absolute atomic E-state index is 0.0593. The third-order valence-corrected chi connectivity index (χ3v) is 2.41. The summed E-state index contributed by atoms with van der Waals surface area (Å²) in [6, 6.07) is 4.18. The van der Waals surface area contributed by atoms with Gasteiger partial charge in [-0.25, -0.2) is 4.79 Å². The number of carbonyl (C=O) groups excluding carboxylic acids is 1. The van der Waals surface area contributed by atoms with E-state index in [1.807, 2.05) is 0 Å². The smallest absolute Gasteiger partial charge is 0.342 e. The van der Waals surface area contributed by atoms with Crippen molar-refractivity contribution >= 4 is 5.97 Å². The number of hydrogen-bond donors (Lipinski definition) is 2. The van der Waals surface area contributed by atoms with Crippen LogP contribution in [0.3, 0.4) is 0 Å². The fourth-order valence-corrected chi connectivity index (χ4v) is 1.37. The molecule has 17 heavy (non-hydrogen) atoms. The Morgan fingerprint density at radius 2 is 2.12 bits per heavy atom. The molecule has 0 aliphatic rings. The average Bonchev–Trinajstić information content (AvgIpc) is 2.29. The maximum Gasteiger partial charge on any atom is 0.342 e. The van der Waals surface area contributed by atoms with Crippen molar-refractivity contribution < 1.29 is 24.5 Å². The third kappa shape index (κ3) is 2.68. The molecule has 94 valence electrons. The van der Waals surface area contributed by atoms with Crippen molar-refractivity contribution in [1.29, 1.82) is 0 Å². The lowest BCUT2D eigenvalue weighted by Crippen LogP contribution is -2.34. The molecule has 0 aliphatic heterocycles. The Bertz CT molecular complexity index is 411. The van der Waals surface area contributed by atoms with Crippen LogP contribution in [0.25, 0.3) is 0 Å². The van der Waals surface area contributed by atoms with E-state index in [4.69, 9.17) is 9.47 Å². The first-order chi connectivity index (χ1) is 7.93. The van der Waals surface area contributed by atoms with Crippen LogP contribution in [0.15, 0.2) is 18.2 Å². The van der Waals surface area contributed by atoms with Gasteiger partial charge in [0.2, 0.25) is 0 Å². The Morgan fingerprint density at radius 1 is 1.47 bits per heavy atom. The van der Waals surface area contributed by atoms with Crippen LogP contribution in [0.2, 0.25) is 0 Å². The van der Waals surface area contributed by atoms with Crippen LogP contribution >= 0.6 is 0 Å². The lowest BCUT2D eigenvalue weighted by Gasteiger charge is -2.22. The van der Waals surface area contributed by atoms with Gasteiger partial charge in [-0.05, 0) is 31.5 Å². The van der Waals surface area contributed by atoms with E-state index in [0.717, 1.165) is 0 Å². The largest absolute Gasteiger partial charge is 0.504 e. The molecule has 2 N–H and O–H groups in total. The van der Waals surface area contributed by atoms with Crippen LogP contribution in [0.5, 0.6) is 11.5 Å². The number of phenols is 1. The van der Waals surface area contributed by atoms with Gasteiger partial charge < -0.3 is 19.7 Å². The van der Waals surface area contributed by atoms with Crippen molar-refractivity contribution in [3.8, 4) is 11.5 Å². The molecule has 1 aromatic carbocycles. The van der Waals surface area contributed by atoms with E-state index in [2.05, 4.69) is 0 Å². The van der Waals surface area contributed by atoms with Crippen molar-refractivity contribution in [3.63, 3.8) is 0 Å². The van der Waals surface area contributed by atoms with Gasteiger partial charge >= 0.3 is 5.97 Å². The summed E-state index contributed by atoms with van der Waals surface area (Å²) in [5.41, 5.74) is -1.47. The van der Waals surface area contributed by atoms with Crippen molar-refractivity contribution in [2.24, 2.45) is 0 Å². The van der Waals surface area contributed by atoms with Gasteiger partial charge in [0.05, 0.1) is 13.7 Å². The van der Waals surface area contributed by atoms with Crippen LogP contribution in [-0.4, -0.2) is 29.9 Å². The molecular formula is C12H16O5. The summed E-state index contributed by atoms with van der Waals surface area (Å²) in [6.07, 6.45) is 0. The van der Waals surface area contributed by atoms with E-state index in [9.17, 15) is 15.0 Å². The number of aromatic hydroxyl groups is 1. The van der Waals surface area contributed by atoms with Gasteiger partial charge in [0.15, 0.2) is 17.1 Å². The normalized spacial score (nSPS) is 13.9. The van der Waals surface area contributed by atoms with Gasteiger partial charge in [-0.1, -0.05) is 6.07 Å². The first-order valence-electron chi connectivity index (χ1n) is 5.20. The second-order valence-corrected chi connectivity index (χ2v) is 3.68. The molecule has 0 radical (unpaired) electrons. The van der Waals surface area contributed by atoms with E-state index in [-0.39, 0.29) is 18.1 Å². The Hall–Kier alpha value is -1.75. The van der Waals surface area contributed by atoms with Gasteiger partial charge in [-0.15, -0.1) is 0 Å². The second-order valence-electron chi connectivity index (χ2n) is 3.68. The molecule has 0 aromatic heterocycles. The van der Waals surface area contributed by atoms with Crippen LogP contribution in [0.1, 0.15) is 19.4 Å². The number of esters is 1. The predicted molar refractivity (Wildman–Crippen MR) is 60.9 cm³/mol. The van der Waals surface area contributed by atoms with Gasteiger partial charge in [0.25, 0.3) is 0 Å². The Balaban J connectivity index is 3.10. The van der Waals surface area contributed by atoms with Crippen molar-refractivity contribution in [2.45, 2.75) is 19.4 Å². The molecule has 0 amide bonds. The summed E-state index contributed by atoms with van der Waals surface area (Å²) >= 11 is 0. The molecule has 1 unspecified atom stereocenters. The molecule has 1 atom stereocenters. The quantitative estimate of drug-likeness (QED) is 0.773. The summed E-state index contributed by atoms with van der Waals surface area (Å²) < 4.78 is 9.68. The van der Waals surface area contributed by atoms with E-state index >= 15 is 0 Å². The maximum absolute atomic E-state index is 11.6. The maximum atomic E-state index is 11.6. The first kappa shape index (κ1) is 13.3. The van der Waals surface area contributed by atoms with E-state index in [1.54, 1.807) is 6.92 Å². The Kier molecular flexibility index (Phi) is 3.96. The highest BCUT2D eigenvalue weighted by atomic mass is 16.5. The lowest BCUT2D eigenvalue weighted by molar-refractivity contribution is -0.164. The van der Waals surface area contributed by atoms with Crippen molar-refractivity contribution in [3.05, 3.63) is 23.8 Å².